The minimum Gasteiger partial charge on any atom is -0.313 e. The molecular formula is C14H16BrN7S. The predicted octanol–water partition coefficient (Wildman–Crippen LogP) is 3.07. The van der Waals surface area contributed by atoms with E-state index < -0.39 is 0 Å². The van der Waals surface area contributed by atoms with Gasteiger partial charge in [-0.1, -0.05) is 6.42 Å². The molecule has 0 aromatic carbocycles. The highest BCUT2D eigenvalue weighted by Crippen LogP contribution is 2.24. The molecule has 3 aromatic heterocycles. The van der Waals surface area contributed by atoms with Crippen molar-refractivity contribution in [2.75, 3.05) is 18.4 Å². The zero-order valence-corrected chi connectivity index (χ0v) is 14.8. The molecule has 0 spiro atoms. The molecule has 1 saturated heterocycles. The van der Waals surface area contributed by atoms with E-state index in [1.807, 2.05) is 0 Å². The van der Waals surface area contributed by atoms with Gasteiger partial charge in [0, 0.05) is 11.9 Å². The van der Waals surface area contributed by atoms with Gasteiger partial charge >= 0.3 is 0 Å². The first-order valence-corrected chi connectivity index (χ1v) is 9.25. The molecule has 0 bridgehead atoms. The van der Waals surface area contributed by atoms with Gasteiger partial charge in [0.15, 0.2) is 16.6 Å². The van der Waals surface area contributed by atoms with Crippen molar-refractivity contribution < 1.29 is 0 Å². The number of likely N-dealkylation sites (tertiary alicyclic amines) is 1. The Bertz CT molecular complexity index is 808. The second-order valence-electron chi connectivity index (χ2n) is 5.53. The number of nitrogens with zero attached hydrogens (tertiary/aromatic N) is 6. The predicted molar refractivity (Wildman–Crippen MR) is 93.0 cm³/mol. The molecule has 3 aromatic rings. The van der Waals surface area contributed by atoms with Crippen molar-refractivity contribution in [3.8, 4) is 0 Å². The topological polar surface area (TPSA) is 71.2 Å². The minimum atomic E-state index is 0.657. The first-order chi connectivity index (χ1) is 11.3. The third-order valence-electron chi connectivity index (χ3n) is 3.87. The lowest BCUT2D eigenvalue weighted by Crippen LogP contribution is -2.29. The van der Waals surface area contributed by atoms with Crippen LogP contribution in [0.1, 0.15) is 25.0 Å². The lowest BCUT2D eigenvalue weighted by Gasteiger charge is -2.25. The van der Waals surface area contributed by atoms with Gasteiger partial charge in [-0.25, -0.2) is 19.5 Å². The van der Waals surface area contributed by atoms with Gasteiger partial charge in [0.05, 0.1) is 11.9 Å². The fourth-order valence-electron chi connectivity index (χ4n) is 2.76. The highest BCUT2D eigenvalue weighted by molar-refractivity contribution is 9.10. The summed E-state index contributed by atoms with van der Waals surface area (Å²) in [5.74, 6) is 0.657. The summed E-state index contributed by atoms with van der Waals surface area (Å²) in [6.45, 7) is 3.27. The number of hydrogen-bond donors (Lipinski definition) is 1. The Hall–Kier alpha value is -1.58. The van der Waals surface area contributed by atoms with Gasteiger partial charge in [-0.15, -0.1) is 11.3 Å². The molecule has 0 aliphatic carbocycles. The summed E-state index contributed by atoms with van der Waals surface area (Å²) in [4.78, 5) is 15.8. The lowest BCUT2D eigenvalue weighted by atomic mass is 10.1. The summed E-state index contributed by atoms with van der Waals surface area (Å²) in [5, 5.41) is 10.3. The molecule has 0 atom stereocenters. The maximum Gasteiger partial charge on any atom is 0.199 e. The molecule has 4 heterocycles. The smallest absolute Gasteiger partial charge is 0.199 e. The summed E-state index contributed by atoms with van der Waals surface area (Å²) >= 11 is 5.00. The molecule has 0 amide bonds. The van der Waals surface area contributed by atoms with Gasteiger partial charge in [-0.2, -0.15) is 5.10 Å². The van der Waals surface area contributed by atoms with E-state index in [-0.39, 0.29) is 0 Å². The average molecular weight is 394 g/mol. The van der Waals surface area contributed by atoms with Crippen molar-refractivity contribution in [2.24, 2.45) is 0 Å². The van der Waals surface area contributed by atoms with Crippen LogP contribution < -0.4 is 5.32 Å². The lowest BCUT2D eigenvalue weighted by molar-refractivity contribution is 0.219. The molecule has 1 fully saturated rings. The Balaban J connectivity index is 1.50. The molecule has 4 rings (SSSR count). The number of piperidine rings is 1. The second-order valence-corrected chi connectivity index (χ2v) is 7.20. The molecule has 7 nitrogen and oxygen atoms in total. The number of halogens is 1. The van der Waals surface area contributed by atoms with E-state index in [1.54, 1.807) is 22.0 Å². The van der Waals surface area contributed by atoms with E-state index in [0.29, 0.717) is 11.5 Å². The van der Waals surface area contributed by atoms with Gasteiger partial charge in [0.25, 0.3) is 0 Å². The van der Waals surface area contributed by atoms with Crippen molar-refractivity contribution in [3.05, 3.63) is 28.2 Å². The Morgan fingerprint density at radius 1 is 1.22 bits per heavy atom. The van der Waals surface area contributed by atoms with E-state index in [1.165, 1.54) is 38.7 Å². The number of fused-ring (bicyclic) bond motifs is 1. The van der Waals surface area contributed by atoms with Crippen LogP contribution in [-0.4, -0.2) is 42.6 Å². The van der Waals surface area contributed by atoms with Crippen LogP contribution in [0.4, 0.5) is 10.9 Å². The van der Waals surface area contributed by atoms with E-state index in [4.69, 9.17) is 0 Å². The van der Waals surface area contributed by atoms with E-state index in [0.717, 1.165) is 22.0 Å². The number of aromatic nitrogens is 5. The molecule has 9 heteroatoms. The second kappa shape index (κ2) is 6.50. The van der Waals surface area contributed by atoms with Crippen LogP contribution in [0.15, 0.2) is 22.5 Å². The van der Waals surface area contributed by atoms with Crippen LogP contribution in [0.5, 0.6) is 0 Å². The van der Waals surface area contributed by atoms with Gasteiger partial charge in [0.1, 0.15) is 10.9 Å². The van der Waals surface area contributed by atoms with Crippen LogP contribution >= 0.6 is 27.3 Å². The normalized spacial score (nSPS) is 16.0. The third kappa shape index (κ3) is 3.22. The average Bonchev–Trinajstić information content (AvgIpc) is 3.21. The minimum absolute atomic E-state index is 0.657. The van der Waals surface area contributed by atoms with Gasteiger partial charge < -0.3 is 5.32 Å². The number of hydrogen-bond acceptors (Lipinski definition) is 7. The number of rotatable bonds is 4. The molecule has 120 valence electrons. The van der Waals surface area contributed by atoms with Crippen LogP contribution in [0.2, 0.25) is 0 Å². The van der Waals surface area contributed by atoms with Crippen LogP contribution in [0.25, 0.3) is 5.65 Å². The maximum atomic E-state index is 4.67. The third-order valence-corrected chi connectivity index (χ3v) is 5.22. The SMILES string of the molecule is Brc1cnc(Nc2nc(CN3CCCCC3)cs2)c2ncnn12. The van der Waals surface area contributed by atoms with Crippen molar-refractivity contribution in [3.63, 3.8) is 0 Å². The highest BCUT2D eigenvalue weighted by atomic mass is 79.9. The standard InChI is InChI=1S/C14H16BrN7S/c15-11-6-16-12(13-17-9-18-22(11)13)20-14-19-10(8-23-14)7-21-4-2-1-3-5-21/h6,8-9H,1-5,7H2,(H,16,19,20). The molecule has 1 aliphatic rings. The Morgan fingerprint density at radius 2 is 2.09 bits per heavy atom. The molecule has 1 aliphatic heterocycles. The number of thiazole rings is 1. The fourth-order valence-corrected chi connectivity index (χ4v) is 3.82. The molecule has 0 unspecified atom stereocenters. The first-order valence-electron chi connectivity index (χ1n) is 7.57. The van der Waals surface area contributed by atoms with Crippen molar-refractivity contribution in [1.29, 1.82) is 0 Å². The quantitative estimate of drug-likeness (QED) is 0.734. The fraction of sp³-hybridized carbons (Fsp3) is 0.429. The summed E-state index contributed by atoms with van der Waals surface area (Å²) in [5.41, 5.74) is 1.78. The zero-order chi connectivity index (χ0) is 15.6. The van der Waals surface area contributed by atoms with Crippen molar-refractivity contribution >= 4 is 43.9 Å². The number of anilines is 2. The Morgan fingerprint density at radius 3 is 2.96 bits per heavy atom. The largest absolute Gasteiger partial charge is 0.313 e. The Labute approximate surface area is 145 Å². The van der Waals surface area contributed by atoms with E-state index in [9.17, 15) is 0 Å². The zero-order valence-electron chi connectivity index (χ0n) is 12.4. The summed E-state index contributed by atoms with van der Waals surface area (Å²) in [7, 11) is 0. The van der Waals surface area contributed by atoms with Crippen LogP contribution in [0.3, 0.4) is 0 Å². The molecule has 1 N–H and O–H groups in total. The number of nitrogens with one attached hydrogen (secondary N) is 1. The molecular weight excluding hydrogens is 378 g/mol. The van der Waals surface area contributed by atoms with Gasteiger partial charge in [-0.3, -0.25) is 4.90 Å². The maximum absolute atomic E-state index is 4.67. The van der Waals surface area contributed by atoms with Crippen LogP contribution in [-0.2, 0) is 6.54 Å². The summed E-state index contributed by atoms with van der Waals surface area (Å²) < 4.78 is 2.46. The van der Waals surface area contributed by atoms with E-state index in [2.05, 4.69) is 51.6 Å². The first kappa shape index (κ1) is 15.0. The van der Waals surface area contributed by atoms with Crippen molar-refractivity contribution in [2.45, 2.75) is 25.8 Å². The summed E-state index contributed by atoms with van der Waals surface area (Å²) in [6.07, 6.45) is 7.15. The summed E-state index contributed by atoms with van der Waals surface area (Å²) in [6, 6.07) is 0. The molecule has 23 heavy (non-hydrogen) atoms. The van der Waals surface area contributed by atoms with Crippen molar-refractivity contribution in [1.82, 2.24) is 29.5 Å². The monoisotopic (exact) mass is 393 g/mol. The van der Waals surface area contributed by atoms with E-state index >= 15 is 0 Å². The Kier molecular flexibility index (Phi) is 4.23. The molecule has 0 radical (unpaired) electrons. The van der Waals surface area contributed by atoms with Crippen LogP contribution in [0, 0.1) is 0 Å². The highest BCUT2D eigenvalue weighted by Gasteiger charge is 2.14. The van der Waals surface area contributed by atoms with Gasteiger partial charge in [0.2, 0.25) is 0 Å². The molecule has 0 saturated carbocycles. The van der Waals surface area contributed by atoms with Gasteiger partial charge in [-0.05, 0) is 41.9 Å².